The first kappa shape index (κ1) is 8.55. The van der Waals surface area contributed by atoms with E-state index in [1.54, 1.807) is 0 Å². The first-order chi connectivity index (χ1) is 5.81. The Labute approximate surface area is 75.5 Å². The van der Waals surface area contributed by atoms with E-state index in [1.807, 2.05) is 7.11 Å². The summed E-state index contributed by atoms with van der Waals surface area (Å²) >= 11 is 0. The molecule has 3 unspecified atom stereocenters. The van der Waals surface area contributed by atoms with Crippen molar-refractivity contribution in [3.05, 3.63) is 0 Å². The van der Waals surface area contributed by atoms with Crippen LogP contribution in [0, 0.1) is 17.8 Å². The second-order valence-corrected chi connectivity index (χ2v) is 4.69. The summed E-state index contributed by atoms with van der Waals surface area (Å²) in [5.41, 5.74) is 0. The van der Waals surface area contributed by atoms with Gasteiger partial charge in [-0.05, 0) is 43.4 Å². The van der Waals surface area contributed by atoms with Gasteiger partial charge in [0, 0.05) is 7.11 Å². The van der Waals surface area contributed by atoms with Gasteiger partial charge >= 0.3 is 0 Å². The van der Waals surface area contributed by atoms with E-state index in [9.17, 15) is 0 Å². The van der Waals surface area contributed by atoms with E-state index in [4.69, 9.17) is 4.74 Å². The summed E-state index contributed by atoms with van der Waals surface area (Å²) in [4.78, 5) is 0. The SMILES string of the molecule is COC1CCC2C[C@H](C)CCC21. The maximum absolute atomic E-state index is 5.52. The number of hydrogen-bond donors (Lipinski definition) is 0. The number of fused-ring (bicyclic) bond motifs is 1. The Morgan fingerprint density at radius 1 is 1.08 bits per heavy atom. The smallest absolute Gasteiger partial charge is 0.0602 e. The topological polar surface area (TPSA) is 9.23 Å². The van der Waals surface area contributed by atoms with Gasteiger partial charge in [-0.3, -0.25) is 0 Å². The zero-order valence-corrected chi connectivity index (χ0v) is 8.25. The van der Waals surface area contributed by atoms with Crippen LogP contribution in [0.1, 0.15) is 39.0 Å². The minimum absolute atomic E-state index is 0.600. The van der Waals surface area contributed by atoms with Gasteiger partial charge in [-0.15, -0.1) is 0 Å². The quantitative estimate of drug-likeness (QED) is 0.585. The highest BCUT2D eigenvalue weighted by atomic mass is 16.5. The van der Waals surface area contributed by atoms with Gasteiger partial charge in [0.25, 0.3) is 0 Å². The maximum atomic E-state index is 5.52. The van der Waals surface area contributed by atoms with Crippen molar-refractivity contribution in [2.45, 2.75) is 45.1 Å². The highest BCUT2D eigenvalue weighted by Crippen LogP contribution is 2.45. The number of methoxy groups -OCH3 is 1. The second-order valence-electron chi connectivity index (χ2n) is 4.69. The minimum Gasteiger partial charge on any atom is -0.381 e. The average Bonchev–Trinajstić information content (AvgIpc) is 2.46. The first-order valence-electron chi connectivity index (χ1n) is 5.34. The molecule has 0 N–H and O–H groups in total. The molecule has 2 rings (SSSR count). The molecular formula is C11H20O. The predicted octanol–water partition coefficient (Wildman–Crippen LogP) is 2.85. The van der Waals surface area contributed by atoms with Crippen molar-refractivity contribution in [3.63, 3.8) is 0 Å². The van der Waals surface area contributed by atoms with E-state index < -0.39 is 0 Å². The molecule has 2 fully saturated rings. The van der Waals surface area contributed by atoms with E-state index in [-0.39, 0.29) is 0 Å². The number of rotatable bonds is 1. The van der Waals surface area contributed by atoms with Crippen molar-refractivity contribution in [2.75, 3.05) is 7.11 Å². The molecule has 0 aromatic heterocycles. The third-order valence-corrected chi connectivity index (χ3v) is 3.91. The van der Waals surface area contributed by atoms with Crippen LogP contribution in [0.4, 0.5) is 0 Å². The van der Waals surface area contributed by atoms with Crippen molar-refractivity contribution in [1.82, 2.24) is 0 Å². The van der Waals surface area contributed by atoms with Crippen LogP contribution in [0.3, 0.4) is 0 Å². The van der Waals surface area contributed by atoms with Crippen molar-refractivity contribution < 1.29 is 4.74 Å². The summed E-state index contributed by atoms with van der Waals surface area (Å²) < 4.78 is 5.52. The molecule has 70 valence electrons. The van der Waals surface area contributed by atoms with Gasteiger partial charge in [-0.2, -0.15) is 0 Å². The largest absolute Gasteiger partial charge is 0.381 e. The summed E-state index contributed by atoms with van der Waals surface area (Å²) in [6, 6.07) is 0. The molecule has 0 heterocycles. The molecule has 0 saturated heterocycles. The van der Waals surface area contributed by atoms with Crippen molar-refractivity contribution in [3.8, 4) is 0 Å². The molecule has 1 nitrogen and oxygen atoms in total. The molecule has 2 aliphatic carbocycles. The van der Waals surface area contributed by atoms with Crippen molar-refractivity contribution >= 4 is 0 Å². The molecule has 0 aromatic carbocycles. The number of hydrogen-bond acceptors (Lipinski definition) is 1. The molecule has 2 aliphatic rings. The Hall–Kier alpha value is -0.0400. The van der Waals surface area contributed by atoms with Gasteiger partial charge in [-0.25, -0.2) is 0 Å². The van der Waals surface area contributed by atoms with Crippen LogP contribution in [0.15, 0.2) is 0 Å². The standard InChI is InChI=1S/C11H20O/c1-8-3-5-10-9(7-8)4-6-11(10)12-2/h8-11H,3-7H2,1-2H3/t8-,9?,10?,11?/m1/s1. The fraction of sp³-hybridized carbons (Fsp3) is 1.00. The minimum atomic E-state index is 0.600. The van der Waals surface area contributed by atoms with Crippen LogP contribution >= 0.6 is 0 Å². The van der Waals surface area contributed by atoms with Crippen LogP contribution < -0.4 is 0 Å². The third kappa shape index (κ3) is 1.39. The number of ether oxygens (including phenoxy) is 1. The summed E-state index contributed by atoms with van der Waals surface area (Å²) in [7, 11) is 1.88. The molecule has 1 heteroatoms. The Morgan fingerprint density at radius 3 is 2.67 bits per heavy atom. The van der Waals surface area contributed by atoms with E-state index in [0.29, 0.717) is 6.10 Å². The van der Waals surface area contributed by atoms with Crippen LogP contribution in [0.5, 0.6) is 0 Å². The Balaban J connectivity index is 1.98. The highest BCUT2D eigenvalue weighted by molar-refractivity contribution is 4.89. The highest BCUT2D eigenvalue weighted by Gasteiger charge is 2.39. The first-order valence-corrected chi connectivity index (χ1v) is 5.34. The third-order valence-electron chi connectivity index (χ3n) is 3.91. The fourth-order valence-electron chi connectivity index (χ4n) is 3.23. The summed E-state index contributed by atoms with van der Waals surface area (Å²) in [6.07, 6.45) is 7.66. The van der Waals surface area contributed by atoms with Gasteiger partial charge in [-0.1, -0.05) is 13.3 Å². The molecule has 12 heavy (non-hydrogen) atoms. The molecule has 2 saturated carbocycles. The molecule has 0 spiro atoms. The summed E-state index contributed by atoms with van der Waals surface area (Å²) in [6.45, 7) is 2.40. The summed E-state index contributed by atoms with van der Waals surface area (Å²) in [5, 5.41) is 0. The second kappa shape index (κ2) is 3.37. The van der Waals surface area contributed by atoms with E-state index in [0.717, 1.165) is 17.8 Å². The lowest BCUT2D eigenvalue weighted by molar-refractivity contribution is 0.0409. The van der Waals surface area contributed by atoms with Crippen LogP contribution in [0.25, 0.3) is 0 Å². The van der Waals surface area contributed by atoms with Gasteiger partial charge in [0.1, 0.15) is 0 Å². The molecule has 4 atom stereocenters. The van der Waals surface area contributed by atoms with Gasteiger partial charge in [0.2, 0.25) is 0 Å². The van der Waals surface area contributed by atoms with Crippen LogP contribution in [-0.4, -0.2) is 13.2 Å². The Kier molecular flexibility index (Phi) is 2.40. The van der Waals surface area contributed by atoms with Crippen molar-refractivity contribution in [1.29, 1.82) is 0 Å². The molecule has 0 amide bonds. The predicted molar refractivity (Wildman–Crippen MR) is 50.0 cm³/mol. The van der Waals surface area contributed by atoms with E-state index in [2.05, 4.69) is 6.92 Å². The van der Waals surface area contributed by atoms with Gasteiger partial charge in [0.15, 0.2) is 0 Å². The fourth-order valence-corrected chi connectivity index (χ4v) is 3.23. The zero-order valence-electron chi connectivity index (χ0n) is 8.25. The zero-order chi connectivity index (χ0) is 8.55. The summed E-state index contributed by atoms with van der Waals surface area (Å²) in [5.74, 6) is 2.88. The molecule has 0 aromatic rings. The van der Waals surface area contributed by atoms with E-state index >= 15 is 0 Å². The maximum Gasteiger partial charge on any atom is 0.0602 e. The van der Waals surface area contributed by atoms with Crippen LogP contribution in [-0.2, 0) is 4.74 Å². The molecule has 0 radical (unpaired) electrons. The normalized spacial score (nSPS) is 47.5. The average molecular weight is 168 g/mol. The van der Waals surface area contributed by atoms with E-state index in [1.165, 1.54) is 32.1 Å². The van der Waals surface area contributed by atoms with Gasteiger partial charge in [0.05, 0.1) is 6.10 Å². The van der Waals surface area contributed by atoms with Gasteiger partial charge < -0.3 is 4.74 Å². The Morgan fingerprint density at radius 2 is 1.92 bits per heavy atom. The molecule has 0 aliphatic heterocycles. The van der Waals surface area contributed by atoms with Crippen LogP contribution in [0.2, 0.25) is 0 Å². The Bertz CT molecular complexity index is 155. The monoisotopic (exact) mass is 168 g/mol. The molecular weight excluding hydrogens is 148 g/mol. The lowest BCUT2D eigenvalue weighted by Crippen LogP contribution is -2.26. The molecule has 0 bridgehead atoms. The lowest BCUT2D eigenvalue weighted by Gasteiger charge is -2.32. The van der Waals surface area contributed by atoms with Crippen molar-refractivity contribution in [2.24, 2.45) is 17.8 Å². The lowest BCUT2D eigenvalue weighted by atomic mass is 9.76.